The molecule has 6 unspecified atom stereocenters. The number of carboxylic acid groups (broad SMARTS) is 1. The maximum atomic E-state index is 14.5. The number of aliphatic carboxylic acids is 1. The van der Waals surface area contributed by atoms with E-state index < -0.39 is 67.3 Å². The molecule has 1 aliphatic carbocycles. The molecule has 5 heterocycles. The smallest absolute Gasteiger partial charge is 0.404 e. The summed E-state index contributed by atoms with van der Waals surface area (Å²) in [5.74, 6) is -3.47. The normalized spacial score (nSPS) is 21.2. The van der Waals surface area contributed by atoms with Gasteiger partial charge in [-0.25, -0.2) is 23.8 Å². The maximum absolute atomic E-state index is 14.5. The summed E-state index contributed by atoms with van der Waals surface area (Å²) in [7, 11) is 0. The van der Waals surface area contributed by atoms with Crippen molar-refractivity contribution < 1.29 is 72.8 Å². The second-order valence-electron chi connectivity index (χ2n) is 14.3. The van der Waals surface area contributed by atoms with Gasteiger partial charge in [-0.15, -0.1) is 0 Å². The van der Waals surface area contributed by atoms with Crippen molar-refractivity contribution in [2.24, 2.45) is 5.73 Å². The molecule has 342 valence electrons. The Balaban J connectivity index is 0.000000225. The Labute approximate surface area is 351 Å². The summed E-state index contributed by atoms with van der Waals surface area (Å²) < 4.78 is 36.2. The third-order valence-electron chi connectivity index (χ3n) is 10.6. The quantitative estimate of drug-likeness (QED) is 0.0570. The number of aliphatic hydroxyl groups is 4. The van der Waals surface area contributed by atoms with Gasteiger partial charge in [0.25, 0.3) is 5.56 Å². The molecule has 6 atom stereocenters. The summed E-state index contributed by atoms with van der Waals surface area (Å²) >= 11 is 0. The Hall–Kier alpha value is -7.52. The van der Waals surface area contributed by atoms with Crippen molar-refractivity contribution in [3.8, 4) is 17.1 Å². The number of aryl methyl sites for hydroxylation is 2. The first-order chi connectivity index (χ1) is 29.6. The summed E-state index contributed by atoms with van der Waals surface area (Å²) in [5, 5.41) is 54.5. The van der Waals surface area contributed by atoms with E-state index in [4.69, 9.17) is 30.0 Å². The van der Waals surface area contributed by atoms with Crippen molar-refractivity contribution in [3.05, 3.63) is 85.4 Å². The molecule has 0 saturated carbocycles. The monoisotopic (exact) mass is 1120 g/mol. The Bertz CT molecular complexity index is 2520. The van der Waals surface area contributed by atoms with Crippen LogP contribution in [0.25, 0.3) is 22.3 Å². The molecule has 2 aromatic heterocycles. The van der Waals surface area contributed by atoms with Crippen LogP contribution in [0.15, 0.2) is 35.1 Å². The van der Waals surface area contributed by atoms with Crippen LogP contribution in [0.4, 0.5) is 14.9 Å². The molecule has 20 nitrogen and oxygen atoms in total. The SMILES string of the molecule is CC.Cc1c(F)cc2nc3c(c4c2c1CCC4)Cn1c-3cc2c(c1=O)COC(=O)C2O.NC(=O)OCc1ccc(OC2OC(C(=O)O)C(O)C(O)C2O)c(NC(=O)CN[C-]=O)c1.[Fm]. The molecule has 9 N–H and O–H groups in total. The minimum Gasteiger partial charge on any atom is -0.522 e. The number of aliphatic hydroxyl groups excluding tert-OH is 4. The number of carboxylic acids is 1. The van der Waals surface area contributed by atoms with E-state index in [1.807, 2.05) is 19.2 Å². The summed E-state index contributed by atoms with van der Waals surface area (Å²) in [5.41, 5.74) is 11.1. The number of nitrogens with one attached hydrogen (secondary N) is 2. The van der Waals surface area contributed by atoms with Crippen molar-refractivity contribution in [1.29, 1.82) is 0 Å². The third-order valence-corrected chi connectivity index (χ3v) is 10.6. The second-order valence-corrected chi connectivity index (χ2v) is 14.3. The number of halogens is 1. The molecule has 3 amide bonds. The van der Waals surface area contributed by atoms with Gasteiger partial charge in [0, 0.05) is 22.6 Å². The second kappa shape index (κ2) is 19.0. The van der Waals surface area contributed by atoms with Crippen LogP contribution in [-0.4, -0.2) is 103 Å². The van der Waals surface area contributed by atoms with Crippen LogP contribution in [0.5, 0.6) is 5.75 Å². The summed E-state index contributed by atoms with van der Waals surface area (Å²) in [6.07, 6.45) is -7.87. The van der Waals surface area contributed by atoms with Gasteiger partial charge in [0.2, 0.25) is 12.2 Å². The van der Waals surface area contributed by atoms with E-state index in [0.29, 0.717) is 40.1 Å². The minimum atomic E-state index is -1.91. The van der Waals surface area contributed by atoms with E-state index in [0.717, 1.165) is 41.3 Å². The number of benzene rings is 2. The molecule has 2 aromatic carbocycles. The number of fused-ring (bicyclic) bond motifs is 5. The van der Waals surface area contributed by atoms with E-state index in [9.17, 15) is 53.6 Å². The van der Waals surface area contributed by atoms with Crippen LogP contribution in [0.2, 0.25) is 0 Å². The van der Waals surface area contributed by atoms with Crippen LogP contribution in [0.3, 0.4) is 0 Å². The number of hydrogen-bond acceptors (Lipinski definition) is 15. The molecule has 4 aromatic rings. The number of nitrogens with two attached hydrogens (primary N) is 1. The molecule has 63 heavy (non-hydrogen) atoms. The largest absolute Gasteiger partial charge is 0.522 e. The molecule has 0 radical (unpaired) electrons. The zero-order valence-corrected chi connectivity index (χ0v) is 36.2. The average Bonchev–Trinajstić information content (AvgIpc) is 3.63. The van der Waals surface area contributed by atoms with E-state index in [2.05, 4.69) is 10.1 Å². The molecule has 8 rings (SSSR count). The van der Waals surface area contributed by atoms with E-state index in [-0.39, 0.29) is 41.6 Å². The standard InChI is InChI=1S/C22H17FN2O4.C17H20N3O11.C2H6.Fm/c1-9-10-3-2-4-11-13-7-25-17(19(13)24-16(18(10)11)6-15(9)23)5-12-14(21(25)27)8-29-22(28)20(12)26;18-17(28)29-5-7-1-2-9(8(3-7)20-10(22)4-19-6-21)30-16-13(25)11(23)12(24)14(31-16)15(26)27;1-2;/h5-6,20,26H,2-4,7-8H2,1H3;1-3,11-14,16,23-25H,4-5H2,(H2,18,28)(H,19,21)(H,20,22)(H,26,27);1-2H3;/q;-1;;. The number of carbonyl (C=O) groups is 4. The van der Waals surface area contributed by atoms with Gasteiger partial charge in [-0.1, -0.05) is 19.9 Å². The van der Waals surface area contributed by atoms with Gasteiger partial charge < -0.3 is 70.2 Å². The number of pyridine rings is 2. The first-order valence-corrected chi connectivity index (χ1v) is 19.4. The number of nitrogens with zero attached hydrogens (tertiary/aromatic N) is 2. The molecule has 1 saturated heterocycles. The fourth-order valence-electron chi connectivity index (χ4n) is 7.67. The van der Waals surface area contributed by atoms with Gasteiger partial charge in [0.1, 0.15) is 43.1 Å². The molecule has 1 fully saturated rings. The fourth-order valence-corrected chi connectivity index (χ4v) is 7.67. The van der Waals surface area contributed by atoms with Crippen molar-refractivity contribution >= 4 is 46.9 Å². The number of amides is 3. The van der Waals surface area contributed by atoms with Gasteiger partial charge in [-0.2, -0.15) is 6.41 Å². The minimum absolute atomic E-state index is 0. The number of hydrogen-bond donors (Lipinski definition) is 8. The molecule has 0 bridgehead atoms. The number of carbonyl (C=O) groups excluding carboxylic acids is 4. The topological polar surface area (TPSA) is 308 Å². The van der Waals surface area contributed by atoms with E-state index in [1.165, 1.54) is 30.7 Å². The Kier molecular flexibility index (Phi) is 14.1. The van der Waals surface area contributed by atoms with Gasteiger partial charge in [-0.3, -0.25) is 9.59 Å². The first-order valence-electron chi connectivity index (χ1n) is 19.4. The van der Waals surface area contributed by atoms with Crippen molar-refractivity contribution in [2.45, 2.75) is 96.6 Å². The molecule has 0 spiro atoms. The van der Waals surface area contributed by atoms with Crippen molar-refractivity contribution in [1.82, 2.24) is 14.9 Å². The van der Waals surface area contributed by atoms with Crippen LogP contribution in [0, 0.1) is 12.7 Å². The number of rotatable bonds is 9. The number of anilines is 1. The van der Waals surface area contributed by atoms with Crippen LogP contribution >= 0.6 is 0 Å². The summed E-state index contributed by atoms with van der Waals surface area (Å²) in [4.78, 5) is 73.8. The molecule has 22 heteroatoms. The van der Waals surface area contributed by atoms with Crippen molar-refractivity contribution in [2.75, 3.05) is 11.9 Å². The number of cyclic esters (lactones) is 1. The van der Waals surface area contributed by atoms with Gasteiger partial charge in [-0.05, 0) is 66.6 Å². The number of aromatic nitrogens is 2. The van der Waals surface area contributed by atoms with E-state index >= 15 is 0 Å². The fraction of sp³-hybridized carbons (Fsp3) is 0.390. The Morgan fingerprint density at radius 3 is 2.41 bits per heavy atom. The summed E-state index contributed by atoms with van der Waals surface area (Å²) in [6, 6.07) is 7.12. The zero-order chi connectivity index (χ0) is 45.2. The predicted molar refractivity (Wildman–Crippen MR) is 211 cm³/mol. The van der Waals surface area contributed by atoms with Gasteiger partial charge in [0.15, 0.2) is 12.2 Å². The maximum Gasteiger partial charge on any atom is 0.404 e. The van der Waals surface area contributed by atoms with Crippen molar-refractivity contribution in [3.63, 3.8) is 0 Å². The van der Waals surface area contributed by atoms with Gasteiger partial charge >= 0.3 is 18.0 Å². The van der Waals surface area contributed by atoms with Gasteiger partial charge in [0.05, 0.1) is 41.2 Å². The van der Waals surface area contributed by atoms with Crippen LogP contribution < -0.4 is 26.7 Å². The van der Waals surface area contributed by atoms with Crippen LogP contribution in [-0.2, 0) is 66.0 Å². The molecular weight excluding hydrogens is 1080 g/mol. The number of primary amides is 1. The molecule has 3 aliphatic heterocycles. The number of esters is 1. The van der Waals surface area contributed by atoms with Crippen LogP contribution in [0.1, 0.15) is 65.3 Å². The third kappa shape index (κ3) is 8.95. The number of ether oxygens (including phenoxy) is 4. The summed E-state index contributed by atoms with van der Waals surface area (Å²) in [6.45, 7) is 5.34. The zero-order valence-electron chi connectivity index (χ0n) is 33.8. The average molecular weight is 1120 g/mol. The predicted octanol–water partition coefficient (Wildman–Crippen LogP) is 0.626. The molecule has 4 aliphatic rings. The Morgan fingerprint density at radius 2 is 1.73 bits per heavy atom. The van der Waals surface area contributed by atoms with E-state index in [1.54, 1.807) is 17.6 Å². The first kappa shape index (κ1) is 46.5. The molecular formula is C41H43FFmN5O15-. The Morgan fingerprint density at radius 1 is 1.02 bits per heavy atom.